The highest BCUT2D eigenvalue weighted by molar-refractivity contribution is 5.37. The number of benzene rings is 1. The number of hydrogen-bond acceptors (Lipinski definition) is 2. The standard InChI is InChI=1S/C15H25NO/c1-11-8-12(2)15(13(3)9-11)10-16-14(4)6-7-17-5/h8-9,14,16H,6-7,10H2,1-5H3. The summed E-state index contributed by atoms with van der Waals surface area (Å²) in [5.41, 5.74) is 5.54. The molecule has 17 heavy (non-hydrogen) atoms. The largest absolute Gasteiger partial charge is 0.385 e. The summed E-state index contributed by atoms with van der Waals surface area (Å²) >= 11 is 0. The zero-order chi connectivity index (χ0) is 12.8. The Morgan fingerprint density at radius 2 is 1.76 bits per heavy atom. The van der Waals surface area contributed by atoms with Crippen molar-refractivity contribution in [3.63, 3.8) is 0 Å². The Bertz CT molecular complexity index is 337. The van der Waals surface area contributed by atoms with Crippen molar-refractivity contribution < 1.29 is 4.74 Å². The van der Waals surface area contributed by atoms with Crippen LogP contribution in [-0.4, -0.2) is 19.8 Å². The third-order valence-electron chi connectivity index (χ3n) is 3.22. The van der Waals surface area contributed by atoms with E-state index in [4.69, 9.17) is 4.74 Å². The van der Waals surface area contributed by atoms with Gasteiger partial charge >= 0.3 is 0 Å². The van der Waals surface area contributed by atoms with Gasteiger partial charge in [-0.3, -0.25) is 0 Å². The Morgan fingerprint density at radius 1 is 1.18 bits per heavy atom. The highest BCUT2D eigenvalue weighted by atomic mass is 16.5. The van der Waals surface area contributed by atoms with Gasteiger partial charge in [0.05, 0.1) is 0 Å². The summed E-state index contributed by atoms with van der Waals surface area (Å²) < 4.78 is 5.09. The number of hydrogen-bond donors (Lipinski definition) is 1. The van der Waals surface area contributed by atoms with Gasteiger partial charge < -0.3 is 10.1 Å². The monoisotopic (exact) mass is 235 g/mol. The van der Waals surface area contributed by atoms with E-state index in [2.05, 4.69) is 45.1 Å². The maximum Gasteiger partial charge on any atom is 0.0476 e. The van der Waals surface area contributed by atoms with Crippen molar-refractivity contribution in [3.05, 3.63) is 34.4 Å². The van der Waals surface area contributed by atoms with Crippen LogP contribution in [0.1, 0.15) is 35.6 Å². The topological polar surface area (TPSA) is 21.3 Å². The Labute approximate surface area is 105 Å². The summed E-state index contributed by atoms with van der Waals surface area (Å²) in [5, 5.41) is 3.55. The van der Waals surface area contributed by atoms with Crippen LogP contribution in [0.25, 0.3) is 0 Å². The van der Waals surface area contributed by atoms with E-state index in [0.29, 0.717) is 6.04 Å². The van der Waals surface area contributed by atoms with E-state index in [1.165, 1.54) is 22.3 Å². The molecule has 1 unspecified atom stereocenters. The molecule has 0 aromatic heterocycles. The zero-order valence-corrected chi connectivity index (χ0v) is 11.8. The average molecular weight is 235 g/mol. The van der Waals surface area contributed by atoms with Gasteiger partial charge in [0, 0.05) is 26.3 Å². The normalized spacial score (nSPS) is 12.8. The second kappa shape index (κ2) is 6.77. The maximum atomic E-state index is 5.09. The molecule has 1 rings (SSSR count). The van der Waals surface area contributed by atoms with Gasteiger partial charge in [-0.05, 0) is 50.8 Å². The van der Waals surface area contributed by atoms with E-state index in [9.17, 15) is 0 Å². The molecule has 0 amide bonds. The highest BCUT2D eigenvalue weighted by Crippen LogP contribution is 2.16. The molecule has 1 N–H and O–H groups in total. The second-order valence-corrected chi connectivity index (χ2v) is 4.94. The predicted molar refractivity (Wildman–Crippen MR) is 73.4 cm³/mol. The summed E-state index contributed by atoms with van der Waals surface area (Å²) in [7, 11) is 1.75. The van der Waals surface area contributed by atoms with E-state index in [1.54, 1.807) is 7.11 Å². The van der Waals surface area contributed by atoms with Crippen molar-refractivity contribution >= 4 is 0 Å². The lowest BCUT2D eigenvalue weighted by molar-refractivity contribution is 0.184. The third-order valence-corrected chi connectivity index (χ3v) is 3.22. The van der Waals surface area contributed by atoms with Gasteiger partial charge in [-0.15, -0.1) is 0 Å². The van der Waals surface area contributed by atoms with Gasteiger partial charge in [0.1, 0.15) is 0 Å². The Kier molecular flexibility index (Phi) is 5.66. The Morgan fingerprint density at radius 3 is 2.29 bits per heavy atom. The fourth-order valence-corrected chi connectivity index (χ4v) is 2.16. The summed E-state index contributed by atoms with van der Waals surface area (Å²) in [4.78, 5) is 0. The minimum absolute atomic E-state index is 0.495. The number of nitrogens with one attached hydrogen (secondary N) is 1. The number of aryl methyl sites for hydroxylation is 3. The van der Waals surface area contributed by atoms with Gasteiger partial charge in [-0.1, -0.05) is 17.7 Å². The molecule has 0 saturated heterocycles. The Hall–Kier alpha value is -0.860. The van der Waals surface area contributed by atoms with Gasteiger partial charge in [0.2, 0.25) is 0 Å². The van der Waals surface area contributed by atoms with Crippen LogP contribution in [0.3, 0.4) is 0 Å². The summed E-state index contributed by atoms with van der Waals surface area (Å²) in [5.74, 6) is 0. The van der Waals surface area contributed by atoms with Gasteiger partial charge in [-0.2, -0.15) is 0 Å². The average Bonchev–Trinajstić information content (AvgIpc) is 2.24. The molecule has 1 atom stereocenters. The third kappa shape index (κ3) is 4.49. The zero-order valence-electron chi connectivity index (χ0n) is 11.8. The highest BCUT2D eigenvalue weighted by Gasteiger charge is 2.06. The van der Waals surface area contributed by atoms with Crippen molar-refractivity contribution in [2.24, 2.45) is 0 Å². The first kappa shape index (κ1) is 14.2. The molecular formula is C15H25NO. The van der Waals surface area contributed by atoms with Crippen molar-refractivity contribution in [1.29, 1.82) is 0 Å². The first-order valence-electron chi connectivity index (χ1n) is 6.33. The molecule has 0 bridgehead atoms. The molecule has 2 nitrogen and oxygen atoms in total. The molecule has 0 aliphatic carbocycles. The number of ether oxygens (including phenoxy) is 1. The van der Waals surface area contributed by atoms with E-state index in [-0.39, 0.29) is 0 Å². The van der Waals surface area contributed by atoms with E-state index in [0.717, 1.165) is 19.6 Å². The van der Waals surface area contributed by atoms with Crippen LogP contribution in [-0.2, 0) is 11.3 Å². The van der Waals surface area contributed by atoms with Crippen molar-refractivity contribution in [3.8, 4) is 0 Å². The molecular weight excluding hydrogens is 210 g/mol. The molecule has 0 aliphatic rings. The Balaban J connectivity index is 2.57. The molecule has 96 valence electrons. The van der Waals surface area contributed by atoms with Crippen LogP contribution in [0, 0.1) is 20.8 Å². The summed E-state index contributed by atoms with van der Waals surface area (Å²) in [6.45, 7) is 10.5. The quantitative estimate of drug-likeness (QED) is 0.818. The molecule has 0 radical (unpaired) electrons. The van der Waals surface area contributed by atoms with Crippen LogP contribution in [0.5, 0.6) is 0 Å². The molecule has 2 heteroatoms. The number of methoxy groups -OCH3 is 1. The fraction of sp³-hybridized carbons (Fsp3) is 0.600. The van der Waals surface area contributed by atoms with Gasteiger partial charge in [0.25, 0.3) is 0 Å². The van der Waals surface area contributed by atoms with Crippen LogP contribution in [0.4, 0.5) is 0 Å². The van der Waals surface area contributed by atoms with E-state index >= 15 is 0 Å². The minimum atomic E-state index is 0.495. The first-order valence-corrected chi connectivity index (χ1v) is 6.33. The van der Waals surface area contributed by atoms with Gasteiger partial charge in [0.15, 0.2) is 0 Å². The number of rotatable bonds is 6. The van der Waals surface area contributed by atoms with Crippen LogP contribution in [0.2, 0.25) is 0 Å². The summed E-state index contributed by atoms with van der Waals surface area (Å²) in [6.07, 6.45) is 1.06. The van der Waals surface area contributed by atoms with Crippen LogP contribution in [0.15, 0.2) is 12.1 Å². The molecule has 0 fully saturated rings. The van der Waals surface area contributed by atoms with Crippen LogP contribution < -0.4 is 5.32 Å². The molecule has 0 aliphatic heterocycles. The van der Waals surface area contributed by atoms with Crippen LogP contribution >= 0.6 is 0 Å². The summed E-state index contributed by atoms with van der Waals surface area (Å²) in [6, 6.07) is 5.00. The SMILES string of the molecule is COCCC(C)NCc1c(C)cc(C)cc1C. The minimum Gasteiger partial charge on any atom is -0.385 e. The smallest absolute Gasteiger partial charge is 0.0476 e. The molecule has 0 heterocycles. The lowest BCUT2D eigenvalue weighted by Gasteiger charge is -2.16. The van der Waals surface area contributed by atoms with E-state index in [1.807, 2.05) is 0 Å². The lowest BCUT2D eigenvalue weighted by Crippen LogP contribution is -2.27. The van der Waals surface area contributed by atoms with E-state index < -0.39 is 0 Å². The predicted octanol–water partition coefficient (Wildman–Crippen LogP) is 3.13. The fourth-order valence-electron chi connectivity index (χ4n) is 2.16. The second-order valence-electron chi connectivity index (χ2n) is 4.94. The molecule has 0 saturated carbocycles. The molecule has 1 aromatic carbocycles. The lowest BCUT2D eigenvalue weighted by atomic mass is 9.99. The van der Waals surface area contributed by atoms with Gasteiger partial charge in [-0.25, -0.2) is 0 Å². The van der Waals surface area contributed by atoms with Crippen molar-refractivity contribution in [2.75, 3.05) is 13.7 Å². The molecule has 0 spiro atoms. The van der Waals surface area contributed by atoms with Crippen molar-refractivity contribution in [2.45, 2.75) is 46.7 Å². The van der Waals surface area contributed by atoms with Crippen molar-refractivity contribution in [1.82, 2.24) is 5.32 Å². The maximum absolute atomic E-state index is 5.09. The first-order chi connectivity index (χ1) is 8.04. The molecule has 1 aromatic rings.